The number of benzene rings is 5. The highest BCUT2D eigenvalue weighted by Crippen LogP contribution is 2.54. The molecular formula is C50H62O4. The van der Waals surface area contributed by atoms with Crippen LogP contribution in [0.4, 0.5) is 0 Å². The van der Waals surface area contributed by atoms with E-state index in [-0.39, 0.29) is 17.8 Å². The van der Waals surface area contributed by atoms with Crippen molar-refractivity contribution >= 4 is 0 Å². The molecule has 0 spiro atoms. The van der Waals surface area contributed by atoms with Gasteiger partial charge in [0, 0.05) is 16.7 Å². The molecule has 0 fully saturated rings. The Labute approximate surface area is 325 Å². The largest absolute Gasteiger partial charge is 0.336 e. The summed E-state index contributed by atoms with van der Waals surface area (Å²) in [5.74, 6) is 2.32. The summed E-state index contributed by atoms with van der Waals surface area (Å²) in [6.45, 7) is 30.1. The van der Waals surface area contributed by atoms with Crippen molar-refractivity contribution in [1.29, 1.82) is 0 Å². The summed E-state index contributed by atoms with van der Waals surface area (Å²) >= 11 is 0. The van der Waals surface area contributed by atoms with Gasteiger partial charge >= 0.3 is 0 Å². The van der Waals surface area contributed by atoms with Gasteiger partial charge in [0.2, 0.25) is 0 Å². The van der Waals surface area contributed by atoms with Crippen molar-refractivity contribution in [2.75, 3.05) is 0 Å². The van der Waals surface area contributed by atoms with Gasteiger partial charge in [-0.15, -0.1) is 0 Å². The third kappa shape index (κ3) is 9.10. The molecule has 4 nitrogen and oxygen atoms in total. The zero-order valence-electron chi connectivity index (χ0n) is 35.2. The van der Waals surface area contributed by atoms with Gasteiger partial charge in [-0.2, -0.15) is 9.78 Å². The van der Waals surface area contributed by atoms with Crippen molar-refractivity contribution < 1.29 is 19.6 Å². The molecule has 0 radical (unpaired) electrons. The van der Waals surface area contributed by atoms with Crippen LogP contribution in [0.25, 0.3) is 44.5 Å². The fourth-order valence-corrected chi connectivity index (χ4v) is 7.14. The van der Waals surface area contributed by atoms with Crippen LogP contribution in [0.5, 0.6) is 11.5 Å². The number of hydrogen-bond acceptors (Lipinski definition) is 4. The molecule has 54 heavy (non-hydrogen) atoms. The fourth-order valence-electron chi connectivity index (χ4n) is 7.14. The standard InChI is InChI=1S/C50H62O4/c1-31(2)35-21-15-17-23-39(35)41-29-30-42(45-37(33(5)6)25-19-27-43(45)51-53-49(9,10)11)46(40-24-18-16-22-36(40)32(3)4)48(41)47-38(34(7)8)26-20-28-44(47)52-54-50(12,13)14/h15-34H,1-14H3. The second kappa shape index (κ2) is 16.6. The van der Waals surface area contributed by atoms with Crippen LogP contribution in [-0.2, 0) is 9.78 Å². The molecule has 0 bridgehead atoms. The van der Waals surface area contributed by atoms with Gasteiger partial charge in [0.1, 0.15) is 11.2 Å². The molecule has 5 aromatic carbocycles. The lowest BCUT2D eigenvalue weighted by molar-refractivity contribution is -0.274. The van der Waals surface area contributed by atoms with Gasteiger partial charge in [-0.25, -0.2) is 0 Å². The summed E-state index contributed by atoms with van der Waals surface area (Å²) in [4.78, 5) is 25.0. The lowest BCUT2D eigenvalue weighted by Gasteiger charge is -2.29. The highest BCUT2D eigenvalue weighted by molar-refractivity contribution is 6.05. The maximum absolute atomic E-state index is 6.45. The Hall–Kier alpha value is -4.38. The Morgan fingerprint density at radius 3 is 1.20 bits per heavy atom. The minimum atomic E-state index is -0.525. The highest BCUT2D eigenvalue weighted by Gasteiger charge is 2.30. The molecule has 0 aliphatic carbocycles. The van der Waals surface area contributed by atoms with E-state index in [4.69, 9.17) is 19.6 Å². The molecule has 0 unspecified atom stereocenters. The summed E-state index contributed by atoms with van der Waals surface area (Å²) in [5.41, 5.74) is 12.7. The number of hydrogen-bond donors (Lipinski definition) is 0. The average molecular weight is 727 g/mol. The number of rotatable bonds is 12. The molecule has 0 aromatic heterocycles. The molecule has 5 aromatic rings. The SMILES string of the molecule is CC(C)c1ccccc1-c1ccc(-c2c(OOC(C)(C)C)cccc2C(C)C)c(-c2ccccc2C(C)C)c1-c1c(OOC(C)(C)C)cccc1C(C)C. The van der Waals surface area contributed by atoms with Crippen molar-refractivity contribution in [2.24, 2.45) is 0 Å². The van der Waals surface area contributed by atoms with E-state index in [0.717, 1.165) is 33.4 Å². The normalized spacial score (nSPS) is 12.3. The van der Waals surface area contributed by atoms with E-state index in [2.05, 4.69) is 140 Å². The molecule has 0 atom stereocenters. The quantitative estimate of drug-likeness (QED) is 0.0947. The first-order chi connectivity index (χ1) is 25.4. The minimum Gasteiger partial charge on any atom is -0.336 e. The molecular weight excluding hydrogens is 665 g/mol. The van der Waals surface area contributed by atoms with Crippen molar-refractivity contribution in [1.82, 2.24) is 0 Å². The van der Waals surface area contributed by atoms with E-state index >= 15 is 0 Å². The smallest absolute Gasteiger partial charge is 0.173 e. The van der Waals surface area contributed by atoms with Crippen molar-refractivity contribution in [3.05, 3.63) is 119 Å². The Morgan fingerprint density at radius 1 is 0.333 bits per heavy atom. The molecule has 0 aliphatic heterocycles. The zero-order chi connectivity index (χ0) is 39.5. The maximum atomic E-state index is 6.45. The average Bonchev–Trinajstić information content (AvgIpc) is 3.11. The van der Waals surface area contributed by atoms with Gasteiger partial charge in [-0.3, -0.25) is 0 Å². The third-order valence-electron chi connectivity index (χ3n) is 9.57. The van der Waals surface area contributed by atoms with Gasteiger partial charge in [0.25, 0.3) is 0 Å². The van der Waals surface area contributed by atoms with E-state index in [9.17, 15) is 0 Å². The van der Waals surface area contributed by atoms with Gasteiger partial charge < -0.3 is 9.78 Å². The molecule has 0 heterocycles. The highest BCUT2D eigenvalue weighted by atomic mass is 17.2. The second-order valence-corrected chi connectivity index (χ2v) is 17.7. The van der Waals surface area contributed by atoms with Gasteiger partial charge in [-0.1, -0.05) is 140 Å². The maximum Gasteiger partial charge on any atom is 0.173 e. The Bertz CT molecular complexity index is 2050. The fraction of sp³-hybridized carbons (Fsp3) is 0.400. The molecule has 0 amide bonds. The molecule has 0 saturated heterocycles. The van der Waals surface area contributed by atoms with E-state index < -0.39 is 11.2 Å². The molecule has 0 N–H and O–H groups in total. The summed E-state index contributed by atoms with van der Waals surface area (Å²) in [5, 5.41) is 0. The van der Waals surface area contributed by atoms with Gasteiger partial charge in [0.15, 0.2) is 11.5 Å². The molecule has 0 aliphatic rings. The molecule has 4 heteroatoms. The van der Waals surface area contributed by atoms with E-state index in [1.54, 1.807) is 0 Å². The lowest BCUT2D eigenvalue weighted by Crippen LogP contribution is -2.21. The predicted molar refractivity (Wildman–Crippen MR) is 227 cm³/mol. The predicted octanol–water partition coefficient (Wildman–Crippen LogP) is 15.1. The Kier molecular flexibility index (Phi) is 12.5. The Balaban J connectivity index is 2.10. The van der Waals surface area contributed by atoms with Crippen molar-refractivity contribution in [3.63, 3.8) is 0 Å². The Morgan fingerprint density at radius 2 is 0.722 bits per heavy atom. The van der Waals surface area contributed by atoms with Crippen LogP contribution in [0.3, 0.4) is 0 Å². The minimum absolute atomic E-state index is 0.185. The van der Waals surface area contributed by atoms with E-state index in [1.807, 2.05) is 53.7 Å². The van der Waals surface area contributed by atoms with Gasteiger partial charge in [0.05, 0.1) is 0 Å². The van der Waals surface area contributed by atoms with Crippen LogP contribution in [-0.4, -0.2) is 11.2 Å². The first kappa shape index (κ1) is 40.8. The zero-order valence-corrected chi connectivity index (χ0v) is 35.2. The molecule has 5 rings (SSSR count). The van der Waals surface area contributed by atoms with Crippen LogP contribution in [0.2, 0.25) is 0 Å². The summed E-state index contributed by atoms with van der Waals surface area (Å²) < 4.78 is 0. The molecule has 0 saturated carbocycles. The van der Waals surface area contributed by atoms with E-state index in [1.165, 1.54) is 33.4 Å². The summed E-state index contributed by atoms with van der Waals surface area (Å²) in [6, 6.07) is 35.0. The van der Waals surface area contributed by atoms with Crippen molar-refractivity contribution in [2.45, 2.75) is 132 Å². The topological polar surface area (TPSA) is 36.9 Å². The van der Waals surface area contributed by atoms with E-state index in [0.29, 0.717) is 17.4 Å². The summed E-state index contributed by atoms with van der Waals surface area (Å²) in [7, 11) is 0. The van der Waals surface area contributed by atoms with Gasteiger partial charge in [-0.05, 0) is 127 Å². The summed E-state index contributed by atoms with van der Waals surface area (Å²) in [6.07, 6.45) is 0. The second-order valence-electron chi connectivity index (χ2n) is 17.7. The molecule has 286 valence electrons. The van der Waals surface area contributed by atoms with Crippen LogP contribution in [0, 0.1) is 0 Å². The first-order valence-electron chi connectivity index (χ1n) is 19.7. The van der Waals surface area contributed by atoms with Crippen LogP contribution < -0.4 is 9.78 Å². The van der Waals surface area contributed by atoms with Crippen LogP contribution in [0.1, 0.15) is 143 Å². The lowest BCUT2D eigenvalue weighted by atomic mass is 9.76. The van der Waals surface area contributed by atoms with Crippen molar-refractivity contribution in [3.8, 4) is 56.0 Å². The monoisotopic (exact) mass is 726 g/mol. The first-order valence-corrected chi connectivity index (χ1v) is 19.7. The van der Waals surface area contributed by atoms with Crippen LogP contribution in [0.15, 0.2) is 97.1 Å². The van der Waals surface area contributed by atoms with Crippen LogP contribution >= 0.6 is 0 Å². The third-order valence-corrected chi connectivity index (χ3v) is 9.57.